The molecule has 0 aromatic heterocycles. The van der Waals surface area contributed by atoms with Crippen molar-refractivity contribution in [2.75, 3.05) is 20.3 Å². The molecule has 29 heavy (non-hydrogen) atoms. The minimum Gasteiger partial charge on any atom is -0.444 e. The second-order valence-electron chi connectivity index (χ2n) is 8.58. The molecule has 3 heterocycles. The van der Waals surface area contributed by atoms with Crippen LogP contribution in [-0.4, -0.2) is 61.4 Å². The van der Waals surface area contributed by atoms with Crippen molar-refractivity contribution < 1.29 is 28.5 Å². The van der Waals surface area contributed by atoms with Crippen molar-refractivity contribution in [1.29, 1.82) is 0 Å². The van der Waals surface area contributed by atoms with E-state index in [9.17, 15) is 4.79 Å². The van der Waals surface area contributed by atoms with Crippen LogP contribution < -0.4 is 0 Å². The number of carbonyl (C=O) groups excluding carboxylic acids is 1. The first-order valence-electron chi connectivity index (χ1n) is 10.0. The van der Waals surface area contributed by atoms with Gasteiger partial charge in [-0.05, 0) is 20.8 Å². The molecule has 158 valence electrons. The van der Waals surface area contributed by atoms with Gasteiger partial charge in [0, 0.05) is 19.2 Å². The third-order valence-corrected chi connectivity index (χ3v) is 5.37. The van der Waals surface area contributed by atoms with E-state index in [0.29, 0.717) is 13.2 Å². The molecule has 0 unspecified atom stereocenters. The van der Waals surface area contributed by atoms with E-state index in [1.807, 2.05) is 63.3 Å². The summed E-state index contributed by atoms with van der Waals surface area (Å²) in [4.78, 5) is 14.7. The van der Waals surface area contributed by atoms with Gasteiger partial charge in [-0.2, -0.15) is 0 Å². The molecule has 0 N–H and O–H groups in total. The summed E-state index contributed by atoms with van der Waals surface area (Å²) in [6.07, 6.45) is 1.95. The Kier molecular flexibility index (Phi) is 5.66. The Labute approximate surface area is 171 Å². The SMILES string of the molecule is CO[C@@H]1O[C@@H]2CO[C@@H](c3ccccc3)O[C@H]2[C@H]2[C@@H]1C=CCN2C(=O)OC(C)(C)C. The fourth-order valence-electron chi connectivity index (χ4n) is 4.16. The van der Waals surface area contributed by atoms with Crippen LogP contribution in [0.1, 0.15) is 32.6 Å². The molecule has 0 bridgehead atoms. The summed E-state index contributed by atoms with van der Waals surface area (Å²) in [6, 6.07) is 9.52. The summed E-state index contributed by atoms with van der Waals surface area (Å²) in [7, 11) is 1.61. The van der Waals surface area contributed by atoms with Crippen molar-refractivity contribution in [2.45, 2.75) is 57.2 Å². The topological polar surface area (TPSA) is 66.5 Å². The van der Waals surface area contributed by atoms with Gasteiger partial charge in [-0.1, -0.05) is 42.5 Å². The average molecular weight is 403 g/mol. The Balaban J connectivity index is 1.62. The Bertz CT molecular complexity index is 745. The first-order chi connectivity index (χ1) is 13.9. The largest absolute Gasteiger partial charge is 0.444 e. The van der Waals surface area contributed by atoms with E-state index in [1.165, 1.54) is 0 Å². The summed E-state index contributed by atoms with van der Waals surface area (Å²) < 4.78 is 29.7. The Morgan fingerprint density at radius 2 is 1.93 bits per heavy atom. The lowest BCUT2D eigenvalue weighted by Gasteiger charge is -2.52. The number of nitrogens with zero attached hydrogens (tertiary/aromatic N) is 1. The monoisotopic (exact) mass is 403 g/mol. The van der Waals surface area contributed by atoms with Crippen molar-refractivity contribution in [3.05, 3.63) is 48.0 Å². The van der Waals surface area contributed by atoms with E-state index in [0.717, 1.165) is 5.56 Å². The maximum atomic E-state index is 13.0. The molecule has 3 aliphatic rings. The van der Waals surface area contributed by atoms with E-state index in [1.54, 1.807) is 12.0 Å². The van der Waals surface area contributed by atoms with Crippen LogP contribution in [0.2, 0.25) is 0 Å². The summed E-state index contributed by atoms with van der Waals surface area (Å²) in [5.41, 5.74) is 0.355. The lowest BCUT2D eigenvalue weighted by atomic mass is 9.84. The molecule has 7 heteroatoms. The standard InChI is InChI=1S/C22H29NO6/c1-22(2,3)29-21(24)23-12-8-11-15-17(23)18-16(27-20(15)25-4)13-26-19(28-18)14-9-6-5-7-10-14/h5-11,15-20H,12-13H2,1-4H3/t15-,16+,17+,18+,19+,20+/m0/s1. The highest BCUT2D eigenvalue weighted by Crippen LogP contribution is 2.40. The first-order valence-corrected chi connectivity index (χ1v) is 10.0. The molecule has 7 nitrogen and oxygen atoms in total. The second kappa shape index (κ2) is 8.07. The molecule has 4 rings (SSSR count). The van der Waals surface area contributed by atoms with Crippen LogP contribution in [0, 0.1) is 5.92 Å². The lowest BCUT2D eigenvalue weighted by Crippen LogP contribution is -2.66. The Morgan fingerprint density at radius 1 is 1.17 bits per heavy atom. The minimum atomic E-state index is -0.581. The zero-order valence-corrected chi connectivity index (χ0v) is 17.3. The third kappa shape index (κ3) is 4.19. The normalized spacial score (nSPS) is 34.3. The molecular formula is C22H29NO6. The van der Waals surface area contributed by atoms with Crippen molar-refractivity contribution in [3.63, 3.8) is 0 Å². The van der Waals surface area contributed by atoms with Crippen LogP contribution >= 0.6 is 0 Å². The molecule has 0 radical (unpaired) electrons. The molecule has 1 amide bonds. The van der Waals surface area contributed by atoms with Crippen LogP contribution in [-0.2, 0) is 23.7 Å². The highest BCUT2D eigenvalue weighted by Gasteiger charge is 2.53. The molecule has 2 saturated heterocycles. The van der Waals surface area contributed by atoms with Crippen molar-refractivity contribution in [1.82, 2.24) is 4.90 Å². The number of hydrogen-bond acceptors (Lipinski definition) is 6. The Hall–Kier alpha value is -1.93. The summed E-state index contributed by atoms with van der Waals surface area (Å²) in [6.45, 7) is 6.41. The number of methoxy groups -OCH3 is 1. The van der Waals surface area contributed by atoms with E-state index >= 15 is 0 Å². The van der Waals surface area contributed by atoms with Crippen LogP contribution in [0.15, 0.2) is 42.5 Å². The number of fused-ring (bicyclic) bond motifs is 3. The fourth-order valence-corrected chi connectivity index (χ4v) is 4.16. The van der Waals surface area contributed by atoms with Gasteiger partial charge in [-0.25, -0.2) is 4.79 Å². The zero-order valence-electron chi connectivity index (χ0n) is 17.3. The van der Waals surface area contributed by atoms with Gasteiger partial charge in [0.15, 0.2) is 12.6 Å². The number of ether oxygens (including phenoxy) is 5. The van der Waals surface area contributed by atoms with Gasteiger partial charge < -0.3 is 23.7 Å². The molecule has 0 spiro atoms. The van der Waals surface area contributed by atoms with Gasteiger partial charge in [0.2, 0.25) is 0 Å². The van der Waals surface area contributed by atoms with Gasteiger partial charge in [-0.15, -0.1) is 0 Å². The smallest absolute Gasteiger partial charge is 0.410 e. The number of amides is 1. The second-order valence-corrected chi connectivity index (χ2v) is 8.58. The molecule has 0 aliphatic carbocycles. The molecular weight excluding hydrogens is 374 g/mol. The lowest BCUT2D eigenvalue weighted by molar-refractivity contribution is -0.336. The molecule has 0 saturated carbocycles. The molecule has 1 aromatic carbocycles. The van der Waals surface area contributed by atoms with Gasteiger partial charge in [0.25, 0.3) is 0 Å². The van der Waals surface area contributed by atoms with Crippen molar-refractivity contribution in [2.24, 2.45) is 5.92 Å². The molecule has 3 aliphatic heterocycles. The van der Waals surface area contributed by atoms with Crippen LogP contribution in [0.4, 0.5) is 4.79 Å². The summed E-state index contributed by atoms with van der Waals surface area (Å²) in [5, 5.41) is 0. The molecule has 6 atom stereocenters. The van der Waals surface area contributed by atoms with Crippen molar-refractivity contribution >= 4 is 6.09 Å². The number of rotatable bonds is 2. The Morgan fingerprint density at radius 3 is 2.62 bits per heavy atom. The highest BCUT2D eigenvalue weighted by molar-refractivity contribution is 5.69. The first kappa shape index (κ1) is 20.3. The number of hydrogen-bond donors (Lipinski definition) is 0. The number of benzene rings is 1. The van der Waals surface area contributed by atoms with Crippen LogP contribution in [0.3, 0.4) is 0 Å². The van der Waals surface area contributed by atoms with Crippen molar-refractivity contribution in [3.8, 4) is 0 Å². The molecule has 1 aromatic rings. The average Bonchev–Trinajstić information content (AvgIpc) is 2.71. The minimum absolute atomic E-state index is 0.156. The highest BCUT2D eigenvalue weighted by atomic mass is 16.7. The fraction of sp³-hybridized carbons (Fsp3) is 0.591. The third-order valence-electron chi connectivity index (χ3n) is 5.37. The van der Waals surface area contributed by atoms with Gasteiger partial charge in [-0.3, -0.25) is 4.90 Å². The zero-order chi connectivity index (χ0) is 20.6. The van der Waals surface area contributed by atoms with Gasteiger partial charge in [0.05, 0.1) is 18.6 Å². The van der Waals surface area contributed by atoms with E-state index < -0.39 is 18.2 Å². The predicted molar refractivity (Wildman–Crippen MR) is 105 cm³/mol. The predicted octanol–water partition coefficient (Wildman–Crippen LogP) is 3.26. The van der Waals surface area contributed by atoms with E-state index in [-0.39, 0.29) is 30.3 Å². The summed E-state index contributed by atoms with van der Waals surface area (Å²) in [5.74, 6) is -0.156. The van der Waals surface area contributed by atoms with E-state index in [2.05, 4.69) is 0 Å². The van der Waals surface area contributed by atoms with E-state index in [4.69, 9.17) is 23.7 Å². The van der Waals surface area contributed by atoms with Gasteiger partial charge in [0.1, 0.15) is 17.8 Å². The molecule has 2 fully saturated rings. The number of carbonyl (C=O) groups is 1. The van der Waals surface area contributed by atoms with Crippen LogP contribution in [0.25, 0.3) is 0 Å². The quantitative estimate of drug-likeness (QED) is 0.706. The van der Waals surface area contributed by atoms with Crippen LogP contribution in [0.5, 0.6) is 0 Å². The maximum absolute atomic E-state index is 13.0. The summed E-state index contributed by atoms with van der Waals surface area (Å²) >= 11 is 0. The van der Waals surface area contributed by atoms with Gasteiger partial charge >= 0.3 is 6.09 Å². The maximum Gasteiger partial charge on any atom is 0.410 e.